The third kappa shape index (κ3) is 9.84. The first-order valence-corrected chi connectivity index (χ1v) is 24.6. The Morgan fingerprint density at radius 3 is 1.07 bits per heavy atom. The summed E-state index contributed by atoms with van der Waals surface area (Å²) in [5.74, 6) is -0.419. The van der Waals surface area contributed by atoms with Gasteiger partial charge < -0.3 is 28.4 Å². The summed E-state index contributed by atoms with van der Waals surface area (Å²) in [5.41, 5.74) is 13.3. The minimum absolute atomic E-state index is 0.209. The third-order valence-electron chi connectivity index (χ3n) is 12.5. The van der Waals surface area contributed by atoms with Crippen molar-refractivity contribution in [2.24, 2.45) is 14.1 Å². The van der Waals surface area contributed by atoms with Crippen LogP contribution in [-0.4, -0.2) is 35.3 Å². The van der Waals surface area contributed by atoms with Crippen molar-refractivity contribution in [1.82, 2.24) is 9.13 Å². The van der Waals surface area contributed by atoms with Gasteiger partial charge in [0.25, 0.3) is 0 Å². The summed E-state index contributed by atoms with van der Waals surface area (Å²) in [6.45, 7) is 0. The fraction of sp³-hybridized carbons (Fsp3) is 0.138. The van der Waals surface area contributed by atoms with Crippen LogP contribution >= 0.6 is 45.2 Å². The largest absolute Gasteiger partial charge is 0.469 e. The first-order chi connectivity index (χ1) is 33.1. The van der Waals surface area contributed by atoms with Gasteiger partial charge in [-0.25, -0.2) is 0 Å². The highest BCUT2D eigenvalue weighted by Crippen LogP contribution is 2.42. The molecular formula is C58H50I2N4O4. The monoisotopic (exact) mass is 1120 g/mol. The number of hydrogen-bond acceptors (Lipinski definition) is 6. The molecule has 0 atom stereocenters. The Balaban J connectivity index is 0.000000302. The summed E-state index contributed by atoms with van der Waals surface area (Å²) < 4.78 is 16.8. The maximum absolute atomic E-state index is 11.7. The summed E-state index contributed by atoms with van der Waals surface area (Å²) in [6.07, 6.45) is 1.95. The van der Waals surface area contributed by atoms with Crippen LogP contribution in [0, 0.1) is 7.14 Å². The highest BCUT2D eigenvalue weighted by molar-refractivity contribution is 14.1. The SMILES string of the molecule is COC(=O)CCc1ccc(N(c2ccccc2)c2ccc3c(c2)c2cc(N(c4ccccc4)c4ccc(CCC(=O)OC)cc4)ccc2n3C)cc1.Cn1c2ccc(I)cc2c2cc(I)ccc21. The molecule has 0 unspecified atom stereocenters. The summed E-state index contributed by atoms with van der Waals surface area (Å²) >= 11 is 4.73. The number of benzene rings is 8. The van der Waals surface area contributed by atoms with Gasteiger partial charge in [-0.3, -0.25) is 9.59 Å². The van der Waals surface area contributed by atoms with Gasteiger partial charge in [0.1, 0.15) is 0 Å². The van der Waals surface area contributed by atoms with E-state index in [1.807, 2.05) is 12.1 Å². The number of aryl methyl sites for hydroxylation is 4. The van der Waals surface area contributed by atoms with E-state index in [2.05, 4.69) is 248 Å². The van der Waals surface area contributed by atoms with Crippen LogP contribution in [0.1, 0.15) is 24.0 Å². The number of esters is 2. The Labute approximate surface area is 424 Å². The van der Waals surface area contributed by atoms with E-state index in [-0.39, 0.29) is 11.9 Å². The van der Waals surface area contributed by atoms with Gasteiger partial charge in [0, 0.05) is 112 Å². The number of hydrogen-bond donors (Lipinski definition) is 0. The molecule has 0 bridgehead atoms. The van der Waals surface area contributed by atoms with Crippen LogP contribution in [0.4, 0.5) is 34.1 Å². The lowest BCUT2D eigenvalue weighted by Crippen LogP contribution is -2.10. The first-order valence-electron chi connectivity index (χ1n) is 22.5. The minimum Gasteiger partial charge on any atom is -0.469 e. The van der Waals surface area contributed by atoms with Crippen molar-refractivity contribution in [2.75, 3.05) is 24.0 Å². The smallest absolute Gasteiger partial charge is 0.305 e. The third-order valence-corrected chi connectivity index (χ3v) is 13.9. The second kappa shape index (κ2) is 20.7. The van der Waals surface area contributed by atoms with Crippen LogP contribution in [-0.2, 0) is 46.0 Å². The lowest BCUT2D eigenvalue weighted by atomic mass is 10.1. The van der Waals surface area contributed by atoms with Crippen LogP contribution in [0.25, 0.3) is 43.6 Å². The van der Waals surface area contributed by atoms with Gasteiger partial charge in [-0.2, -0.15) is 0 Å². The Bertz CT molecular complexity index is 3180. The Morgan fingerprint density at radius 2 is 0.721 bits per heavy atom. The molecule has 0 spiro atoms. The van der Waals surface area contributed by atoms with Gasteiger partial charge in [0.2, 0.25) is 0 Å². The van der Waals surface area contributed by atoms with E-state index in [4.69, 9.17) is 9.47 Å². The van der Waals surface area contributed by atoms with Gasteiger partial charge in [-0.05, 0) is 190 Å². The van der Waals surface area contributed by atoms with Gasteiger partial charge in [0.15, 0.2) is 0 Å². The molecule has 10 rings (SSSR count). The maximum Gasteiger partial charge on any atom is 0.305 e. The average Bonchev–Trinajstić information content (AvgIpc) is 3.81. The van der Waals surface area contributed by atoms with Crippen molar-refractivity contribution < 1.29 is 19.1 Å². The number of methoxy groups -OCH3 is 2. The van der Waals surface area contributed by atoms with E-state index in [9.17, 15) is 9.59 Å². The number of carbonyl (C=O) groups is 2. The second-order valence-corrected chi connectivity index (χ2v) is 19.2. The molecule has 8 nitrogen and oxygen atoms in total. The highest BCUT2D eigenvalue weighted by Gasteiger charge is 2.19. The minimum atomic E-state index is -0.209. The molecule has 8 aromatic carbocycles. The molecule has 0 radical (unpaired) electrons. The fourth-order valence-corrected chi connectivity index (χ4v) is 9.99. The van der Waals surface area contributed by atoms with E-state index in [0.717, 1.165) is 67.1 Å². The second-order valence-electron chi connectivity index (χ2n) is 16.7. The zero-order valence-electron chi connectivity index (χ0n) is 38.3. The van der Waals surface area contributed by atoms with E-state index < -0.39 is 0 Å². The summed E-state index contributed by atoms with van der Waals surface area (Å²) in [5, 5.41) is 5.00. The van der Waals surface area contributed by atoms with Crippen LogP contribution < -0.4 is 9.80 Å². The summed E-state index contributed by atoms with van der Waals surface area (Å²) in [7, 11) is 7.09. The van der Waals surface area contributed by atoms with E-state index in [1.165, 1.54) is 43.2 Å². The molecule has 0 aliphatic carbocycles. The predicted octanol–water partition coefficient (Wildman–Crippen LogP) is 15.0. The lowest BCUT2D eigenvalue weighted by molar-refractivity contribution is -0.141. The molecule has 68 heavy (non-hydrogen) atoms. The molecule has 2 heterocycles. The number of nitrogens with zero attached hydrogens (tertiary/aromatic N) is 4. The number of ether oxygens (including phenoxy) is 2. The van der Waals surface area contributed by atoms with Crippen molar-refractivity contribution >= 4 is 135 Å². The maximum atomic E-state index is 11.7. The first kappa shape index (κ1) is 46.5. The number of rotatable bonds is 12. The van der Waals surface area contributed by atoms with Crippen LogP contribution in [0.5, 0.6) is 0 Å². The molecule has 340 valence electrons. The number of para-hydroxylation sites is 2. The molecule has 0 aliphatic heterocycles. The average molecular weight is 1120 g/mol. The molecule has 0 N–H and O–H groups in total. The molecule has 10 aromatic rings. The van der Waals surface area contributed by atoms with Gasteiger partial charge in [-0.1, -0.05) is 60.7 Å². The number of anilines is 6. The quantitative estimate of drug-likeness (QED) is 0.0897. The molecule has 0 saturated carbocycles. The molecule has 0 fully saturated rings. The summed E-state index contributed by atoms with van der Waals surface area (Å²) in [4.78, 5) is 28.0. The van der Waals surface area contributed by atoms with Crippen LogP contribution in [0.2, 0.25) is 0 Å². The highest BCUT2D eigenvalue weighted by atomic mass is 127. The predicted molar refractivity (Wildman–Crippen MR) is 296 cm³/mol. The molecule has 0 amide bonds. The Morgan fingerprint density at radius 1 is 0.412 bits per heavy atom. The van der Waals surface area contributed by atoms with Crippen molar-refractivity contribution in [3.8, 4) is 0 Å². The zero-order valence-corrected chi connectivity index (χ0v) is 42.6. The summed E-state index contributed by atoms with van der Waals surface area (Å²) in [6, 6.07) is 64.1. The van der Waals surface area contributed by atoms with Gasteiger partial charge in [0.05, 0.1) is 14.2 Å². The molecule has 2 aromatic heterocycles. The van der Waals surface area contributed by atoms with Crippen LogP contribution in [0.15, 0.2) is 182 Å². The molecule has 0 aliphatic rings. The number of carbonyl (C=O) groups excluding carboxylic acids is 2. The molecule has 0 saturated heterocycles. The molecular weight excluding hydrogens is 1070 g/mol. The van der Waals surface area contributed by atoms with E-state index in [1.54, 1.807) is 0 Å². The van der Waals surface area contributed by atoms with Gasteiger partial charge in [-0.15, -0.1) is 0 Å². The number of halogens is 2. The number of fused-ring (bicyclic) bond motifs is 6. The van der Waals surface area contributed by atoms with Crippen molar-refractivity contribution in [1.29, 1.82) is 0 Å². The van der Waals surface area contributed by atoms with Gasteiger partial charge >= 0.3 is 11.9 Å². The van der Waals surface area contributed by atoms with Crippen molar-refractivity contribution in [3.63, 3.8) is 0 Å². The van der Waals surface area contributed by atoms with E-state index in [0.29, 0.717) is 25.7 Å². The Kier molecular flexibility index (Phi) is 14.1. The van der Waals surface area contributed by atoms with Crippen LogP contribution in [0.3, 0.4) is 0 Å². The zero-order chi connectivity index (χ0) is 47.3. The van der Waals surface area contributed by atoms with Crippen molar-refractivity contribution in [3.05, 3.63) is 200 Å². The van der Waals surface area contributed by atoms with E-state index >= 15 is 0 Å². The fourth-order valence-electron chi connectivity index (χ4n) is 9.00. The molecule has 10 heteroatoms. The standard InChI is InChI=1S/C45H41N3O4.C13H9I2N/c1-46-42-26-24-38(47(34-10-6-4-7-11-34)36-20-14-32(15-21-36)18-28-44(49)51-2)30-40(42)41-31-39(25-27-43(41)46)48(35-12-8-5-9-13-35)37-22-16-33(17-23-37)19-29-45(50)52-3;1-16-12-4-2-8(14)6-10(12)11-7-9(15)3-5-13(11)16/h4-17,20-27,30-31H,18-19,28-29H2,1-3H3;2-7H,1H3. The topological polar surface area (TPSA) is 68.9 Å². The Hall–Kier alpha value is -6.64. The van der Waals surface area contributed by atoms with Crippen molar-refractivity contribution in [2.45, 2.75) is 25.7 Å². The lowest BCUT2D eigenvalue weighted by Gasteiger charge is -2.26. The normalized spacial score (nSPS) is 11.1. The number of aromatic nitrogens is 2.